The SMILES string of the molecule is CN1CCC(C(=O)Nc2n[nH]c3ccc(-c4c(F)cc(F)c(O)c4F)cc23)CC1. The molecule has 1 saturated heterocycles. The molecule has 9 heteroatoms. The van der Waals surface area contributed by atoms with Crippen LogP contribution in [0.3, 0.4) is 0 Å². The van der Waals surface area contributed by atoms with Crippen LogP contribution in [0.1, 0.15) is 12.8 Å². The van der Waals surface area contributed by atoms with Gasteiger partial charge in [-0.2, -0.15) is 5.10 Å². The molecule has 4 rings (SSSR count). The summed E-state index contributed by atoms with van der Waals surface area (Å²) in [6, 6.07) is 4.82. The van der Waals surface area contributed by atoms with Crippen LogP contribution in [0.25, 0.3) is 22.0 Å². The first-order chi connectivity index (χ1) is 13.8. The number of rotatable bonds is 3. The largest absolute Gasteiger partial charge is 0.503 e. The van der Waals surface area contributed by atoms with Crippen molar-refractivity contribution in [3.63, 3.8) is 0 Å². The lowest BCUT2D eigenvalue weighted by molar-refractivity contribution is -0.121. The molecular formula is C20H19F3N4O2. The number of nitrogens with zero attached hydrogens (tertiary/aromatic N) is 2. The Kier molecular flexibility index (Phi) is 4.91. The van der Waals surface area contributed by atoms with Crippen LogP contribution in [0, 0.1) is 23.4 Å². The Morgan fingerprint density at radius 3 is 2.66 bits per heavy atom. The zero-order valence-electron chi connectivity index (χ0n) is 15.6. The van der Waals surface area contributed by atoms with Gasteiger partial charge in [-0.15, -0.1) is 0 Å². The fraction of sp³-hybridized carbons (Fsp3) is 0.300. The number of hydrogen-bond donors (Lipinski definition) is 3. The van der Waals surface area contributed by atoms with Gasteiger partial charge in [0.2, 0.25) is 5.91 Å². The smallest absolute Gasteiger partial charge is 0.228 e. The molecule has 1 amide bonds. The Balaban J connectivity index is 1.67. The maximum absolute atomic E-state index is 14.3. The van der Waals surface area contributed by atoms with Crippen LogP contribution in [-0.4, -0.2) is 46.2 Å². The van der Waals surface area contributed by atoms with Crippen molar-refractivity contribution in [3.05, 3.63) is 41.7 Å². The minimum atomic E-state index is -1.39. The maximum Gasteiger partial charge on any atom is 0.228 e. The number of phenolic OH excluding ortho intramolecular Hbond substituents is 1. The number of aromatic amines is 1. The minimum absolute atomic E-state index is 0.0824. The predicted molar refractivity (Wildman–Crippen MR) is 102 cm³/mol. The summed E-state index contributed by atoms with van der Waals surface area (Å²) in [5.41, 5.74) is 0.0816. The first-order valence-corrected chi connectivity index (χ1v) is 9.19. The van der Waals surface area contributed by atoms with E-state index in [0.717, 1.165) is 25.9 Å². The number of likely N-dealkylation sites (tertiary alicyclic amines) is 1. The van der Waals surface area contributed by atoms with E-state index in [2.05, 4.69) is 20.4 Å². The predicted octanol–water partition coefficient (Wildman–Crippen LogP) is 3.63. The molecule has 1 aliphatic heterocycles. The Morgan fingerprint density at radius 1 is 1.21 bits per heavy atom. The van der Waals surface area contributed by atoms with Gasteiger partial charge in [0, 0.05) is 17.4 Å². The zero-order valence-corrected chi connectivity index (χ0v) is 15.6. The molecule has 152 valence electrons. The summed E-state index contributed by atoms with van der Waals surface area (Å²) in [5, 5.41) is 19.6. The molecule has 6 nitrogen and oxygen atoms in total. The number of aromatic hydroxyl groups is 1. The number of piperidine rings is 1. The second-order valence-electron chi connectivity index (χ2n) is 7.28. The van der Waals surface area contributed by atoms with Crippen LogP contribution in [0.15, 0.2) is 24.3 Å². The van der Waals surface area contributed by atoms with Crippen molar-refractivity contribution in [2.75, 3.05) is 25.5 Å². The fourth-order valence-corrected chi connectivity index (χ4v) is 3.60. The number of H-pyrrole nitrogens is 1. The third-order valence-electron chi connectivity index (χ3n) is 5.33. The maximum atomic E-state index is 14.3. The number of carbonyl (C=O) groups is 1. The lowest BCUT2D eigenvalue weighted by Crippen LogP contribution is -2.36. The van der Waals surface area contributed by atoms with E-state index in [1.165, 1.54) is 12.1 Å². The molecule has 0 spiro atoms. The topological polar surface area (TPSA) is 81.2 Å². The number of fused-ring (bicyclic) bond motifs is 1. The van der Waals surface area contributed by atoms with Gasteiger partial charge in [-0.1, -0.05) is 6.07 Å². The van der Waals surface area contributed by atoms with E-state index >= 15 is 0 Å². The van der Waals surface area contributed by atoms with Crippen LogP contribution in [-0.2, 0) is 4.79 Å². The van der Waals surface area contributed by atoms with Gasteiger partial charge >= 0.3 is 0 Å². The Morgan fingerprint density at radius 2 is 1.93 bits per heavy atom. The molecule has 1 fully saturated rings. The second-order valence-corrected chi connectivity index (χ2v) is 7.28. The van der Waals surface area contributed by atoms with E-state index in [0.29, 0.717) is 17.0 Å². The van der Waals surface area contributed by atoms with Gasteiger partial charge in [0.25, 0.3) is 0 Å². The standard InChI is InChI=1S/C20H19F3N4O2/c1-27-6-4-10(5-7-27)20(29)24-19-12-8-11(2-3-15(12)25-26-19)16-13(21)9-14(22)18(28)17(16)23/h2-3,8-10,28H,4-7H2,1H3,(H2,24,25,26,29). The number of benzene rings is 2. The number of aromatic nitrogens is 2. The lowest BCUT2D eigenvalue weighted by atomic mass is 9.96. The fourth-order valence-electron chi connectivity index (χ4n) is 3.60. The lowest BCUT2D eigenvalue weighted by Gasteiger charge is -2.27. The Bertz CT molecular complexity index is 1090. The van der Waals surface area contributed by atoms with Crippen molar-refractivity contribution in [2.45, 2.75) is 12.8 Å². The van der Waals surface area contributed by atoms with Gasteiger partial charge in [0.1, 0.15) is 5.82 Å². The normalized spacial score (nSPS) is 15.7. The summed E-state index contributed by atoms with van der Waals surface area (Å²) >= 11 is 0. The van der Waals surface area contributed by atoms with Crippen molar-refractivity contribution in [2.24, 2.45) is 5.92 Å². The summed E-state index contributed by atoms with van der Waals surface area (Å²) < 4.78 is 41.8. The molecule has 0 unspecified atom stereocenters. The molecule has 3 N–H and O–H groups in total. The summed E-state index contributed by atoms with van der Waals surface area (Å²) in [4.78, 5) is 14.7. The highest BCUT2D eigenvalue weighted by atomic mass is 19.1. The molecule has 2 aromatic carbocycles. The van der Waals surface area contributed by atoms with E-state index in [1.807, 2.05) is 7.05 Å². The average molecular weight is 404 g/mol. The molecule has 1 aromatic heterocycles. The molecule has 0 aliphatic carbocycles. The molecule has 29 heavy (non-hydrogen) atoms. The van der Waals surface area contributed by atoms with Crippen LogP contribution >= 0.6 is 0 Å². The number of carbonyl (C=O) groups excluding carboxylic acids is 1. The van der Waals surface area contributed by atoms with Gasteiger partial charge in [0.05, 0.1) is 11.1 Å². The third kappa shape index (κ3) is 3.53. The second kappa shape index (κ2) is 7.40. The Labute approximate surface area is 164 Å². The van der Waals surface area contributed by atoms with Gasteiger partial charge < -0.3 is 15.3 Å². The number of nitrogens with one attached hydrogen (secondary N) is 2. The first kappa shape index (κ1) is 19.3. The number of halogens is 3. The summed E-state index contributed by atoms with van der Waals surface area (Å²) in [6.45, 7) is 1.66. The molecule has 2 heterocycles. The molecule has 1 aliphatic rings. The van der Waals surface area contributed by atoms with E-state index < -0.39 is 28.8 Å². The summed E-state index contributed by atoms with van der Waals surface area (Å²) in [7, 11) is 2.00. The number of amides is 1. The van der Waals surface area contributed by atoms with Crippen LogP contribution in [0.5, 0.6) is 5.75 Å². The van der Waals surface area contributed by atoms with E-state index in [9.17, 15) is 23.1 Å². The number of phenols is 1. The highest BCUT2D eigenvalue weighted by Crippen LogP contribution is 2.35. The van der Waals surface area contributed by atoms with E-state index in [-0.39, 0.29) is 23.2 Å². The zero-order chi connectivity index (χ0) is 20.7. The Hall–Kier alpha value is -3.07. The van der Waals surface area contributed by atoms with Crippen LogP contribution in [0.4, 0.5) is 19.0 Å². The van der Waals surface area contributed by atoms with Gasteiger partial charge in [-0.3, -0.25) is 9.89 Å². The summed E-state index contributed by atoms with van der Waals surface area (Å²) in [5.74, 6) is -5.19. The highest BCUT2D eigenvalue weighted by molar-refractivity contribution is 6.01. The highest BCUT2D eigenvalue weighted by Gasteiger charge is 2.25. The van der Waals surface area contributed by atoms with Crippen molar-refractivity contribution >= 4 is 22.6 Å². The molecule has 0 saturated carbocycles. The van der Waals surface area contributed by atoms with E-state index in [4.69, 9.17) is 0 Å². The molecule has 0 bridgehead atoms. The molecule has 0 radical (unpaired) electrons. The van der Waals surface area contributed by atoms with Crippen molar-refractivity contribution in [1.82, 2.24) is 15.1 Å². The van der Waals surface area contributed by atoms with Crippen LogP contribution < -0.4 is 5.32 Å². The summed E-state index contributed by atoms with van der Waals surface area (Å²) in [6.07, 6.45) is 1.47. The molecular weight excluding hydrogens is 385 g/mol. The van der Waals surface area contributed by atoms with Crippen molar-refractivity contribution < 1.29 is 23.1 Å². The minimum Gasteiger partial charge on any atom is -0.503 e. The van der Waals surface area contributed by atoms with Crippen molar-refractivity contribution in [3.8, 4) is 16.9 Å². The molecule has 0 atom stereocenters. The monoisotopic (exact) mass is 404 g/mol. The van der Waals surface area contributed by atoms with Gasteiger partial charge in [-0.25, -0.2) is 13.2 Å². The quantitative estimate of drug-likeness (QED) is 0.623. The van der Waals surface area contributed by atoms with Crippen LogP contribution in [0.2, 0.25) is 0 Å². The third-order valence-corrected chi connectivity index (χ3v) is 5.33. The van der Waals surface area contributed by atoms with Gasteiger partial charge in [-0.05, 0) is 50.7 Å². The van der Waals surface area contributed by atoms with E-state index in [1.54, 1.807) is 6.07 Å². The average Bonchev–Trinajstić information content (AvgIpc) is 3.09. The van der Waals surface area contributed by atoms with Gasteiger partial charge in [0.15, 0.2) is 23.2 Å². The molecule has 3 aromatic rings. The van der Waals surface area contributed by atoms with Crippen molar-refractivity contribution in [1.29, 1.82) is 0 Å². The number of anilines is 1. The number of hydrogen-bond acceptors (Lipinski definition) is 4. The first-order valence-electron chi connectivity index (χ1n) is 9.19.